The van der Waals surface area contributed by atoms with Gasteiger partial charge in [0.2, 0.25) is 5.97 Å². The molecule has 1 rings (SSSR count). The van der Waals surface area contributed by atoms with Crippen molar-refractivity contribution in [3.63, 3.8) is 0 Å². The molecule has 0 amide bonds. The molecule has 1 aromatic rings. The minimum absolute atomic E-state index is 0. The van der Waals surface area contributed by atoms with E-state index in [0.29, 0.717) is 0 Å². The van der Waals surface area contributed by atoms with Crippen LogP contribution in [0.2, 0.25) is 0 Å². The second-order valence-electron chi connectivity index (χ2n) is 1.99. The molecule has 0 spiro atoms. The van der Waals surface area contributed by atoms with E-state index in [1.54, 1.807) is 0 Å². The summed E-state index contributed by atoms with van der Waals surface area (Å²) in [6, 6.07) is 4.62. The van der Waals surface area contributed by atoms with Gasteiger partial charge in [-0.3, -0.25) is 0 Å². The molecule has 1 aromatic carbocycles. The molecular formula is C7H6NNaO3. The molecule has 0 aliphatic heterocycles. The molecule has 0 aliphatic carbocycles. The van der Waals surface area contributed by atoms with Gasteiger partial charge in [-0.05, 0) is 5.69 Å². The molecule has 0 aromatic heterocycles. The van der Waals surface area contributed by atoms with Crippen LogP contribution in [0.5, 0.6) is 5.75 Å². The summed E-state index contributed by atoms with van der Waals surface area (Å²) in [5, 5.41) is 17.3. The van der Waals surface area contributed by atoms with Gasteiger partial charge in [0.15, 0.2) is 0 Å². The molecular weight excluding hydrogens is 169 g/mol. The van der Waals surface area contributed by atoms with Gasteiger partial charge >= 0.3 is 29.6 Å². The number of phenols is 1. The molecule has 12 heavy (non-hydrogen) atoms. The predicted molar refractivity (Wildman–Crippen MR) is 38.3 cm³/mol. The van der Waals surface area contributed by atoms with E-state index in [1.165, 1.54) is 0 Å². The van der Waals surface area contributed by atoms with Crippen molar-refractivity contribution in [2.75, 3.05) is 5.73 Å². The number of hydrogen-bond acceptors (Lipinski definition) is 3. The fraction of sp³-hybridized carbons (Fsp3) is 0. The zero-order chi connectivity index (χ0) is 8.43. The number of carbonyl (C=O) groups is 1. The fourth-order valence-corrected chi connectivity index (χ4v) is 0.624. The van der Waals surface area contributed by atoms with Gasteiger partial charge in [0, 0.05) is 0 Å². The molecule has 0 saturated heterocycles. The Bertz CT molecular complexity index is 301. The minimum Gasteiger partial charge on any atom is -0.549 e. The number of carboxylic acid groups (broad SMARTS) is 1. The van der Waals surface area contributed by atoms with Crippen LogP contribution in [-0.2, 0) is 0 Å². The van der Waals surface area contributed by atoms with Crippen LogP contribution in [0.15, 0.2) is 12.1 Å². The van der Waals surface area contributed by atoms with Gasteiger partial charge in [-0.25, -0.2) is 0 Å². The quantitative estimate of drug-likeness (QED) is 0.190. The Labute approximate surface area is 91.3 Å². The van der Waals surface area contributed by atoms with Crippen molar-refractivity contribution < 1.29 is 44.6 Å². The standard InChI is InChI=1S/C7H6NO3.Na/c8-5-3-4(7(10)11)1-2-6(5)9;/h2-3,9H,8H2,(H,10,11);/q-1;+1. The van der Waals surface area contributed by atoms with E-state index >= 15 is 0 Å². The average Bonchev–Trinajstić information content (AvgIpc) is 1.94. The first kappa shape index (κ1) is 11.3. The van der Waals surface area contributed by atoms with Crippen LogP contribution in [0.4, 0.5) is 5.69 Å². The van der Waals surface area contributed by atoms with Crippen molar-refractivity contribution in [3.8, 4) is 5.75 Å². The summed E-state index contributed by atoms with van der Waals surface area (Å²) in [5.41, 5.74) is 5.21. The Morgan fingerprint density at radius 2 is 2.17 bits per heavy atom. The first-order chi connectivity index (χ1) is 5.11. The maximum Gasteiger partial charge on any atom is 1.00 e. The van der Waals surface area contributed by atoms with Gasteiger partial charge in [-0.2, -0.15) is 0 Å². The van der Waals surface area contributed by atoms with Gasteiger partial charge in [0.25, 0.3) is 0 Å². The van der Waals surface area contributed by atoms with E-state index in [0.717, 1.165) is 12.1 Å². The van der Waals surface area contributed by atoms with Crippen LogP contribution in [-0.4, -0.2) is 16.2 Å². The van der Waals surface area contributed by atoms with E-state index in [9.17, 15) is 4.79 Å². The maximum absolute atomic E-state index is 10.3. The van der Waals surface area contributed by atoms with Crippen molar-refractivity contribution in [2.45, 2.75) is 0 Å². The third-order valence-electron chi connectivity index (χ3n) is 1.19. The van der Waals surface area contributed by atoms with Crippen molar-refractivity contribution in [1.29, 1.82) is 0 Å². The second-order valence-corrected chi connectivity index (χ2v) is 1.99. The Balaban J connectivity index is 0.00000121. The minimum atomic E-state index is -1.11. The van der Waals surface area contributed by atoms with E-state index < -0.39 is 5.97 Å². The van der Waals surface area contributed by atoms with Gasteiger partial charge in [-0.15, -0.1) is 18.2 Å². The number of aromatic carboxylic acids is 1. The van der Waals surface area contributed by atoms with Crippen molar-refractivity contribution in [2.24, 2.45) is 0 Å². The number of rotatable bonds is 1. The number of phenolic OH excluding ortho intramolecular Hbond substituents is 1. The summed E-state index contributed by atoms with van der Waals surface area (Å²) >= 11 is 0. The molecule has 0 bridgehead atoms. The predicted octanol–water partition coefficient (Wildman–Crippen LogP) is -2.52. The molecule has 0 radical (unpaired) electrons. The van der Waals surface area contributed by atoms with Crippen LogP contribution in [0.1, 0.15) is 10.4 Å². The third kappa shape index (κ3) is 2.41. The molecule has 0 unspecified atom stereocenters. The molecule has 0 fully saturated rings. The SMILES string of the molecule is Nc1cc(C(=O)O)[c-]cc1O.[Na+]. The topological polar surface area (TPSA) is 83.6 Å². The summed E-state index contributed by atoms with van der Waals surface area (Å²) < 4.78 is 0. The normalized spacial score (nSPS) is 8.67. The molecule has 0 saturated carbocycles. The van der Waals surface area contributed by atoms with E-state index in [4.69, 9.17) is 15.9 Å². The Kier molecular flexibility index (Phi) is 4.09. The second kappa shape index (κ2) is 4.35. The molecule has 5 heteroatoms. The summed E-state index contributed by atoms with van der Waals surface area (Å²) in [5.74, 6) is -1.27. The van der Waals surface area contributed by atoms with Gasteiger partial charge in [0.1, 0.15) is 0 Å². The molecule has 4 N–H and O–H groups in total. The van der Waals surface area contributed by atoms with Crippen LogP contribution in [0, 0.1) is 6.07 Å². The summed E-state index contributed by atoms with van der Waals surface area (Å²) in [6.45, 7) is 0. The third-order valence-corrected chi connectivity index (χ3v) is 1.19. The van der Waals surface area contributed by atoms with Gasteiger partial charge in [0.05, 0.1) is 5.75 Å². The van der Waals surface area contributed by atoms with E-state index in [2.05, 4.69) is 6.07 Å². The molecule has 0 atom stereocenters. The van der Waals surface area contributed by atoms with Crippen molar-refractivity contribution in [1.82, 2.24) is 0 Å². The summed E-state index contributed by atoms with van der Waals surface area (Å²) in [7, 11) is 0. The zero-order valence-corrected chi connectivity index (χ0v) is 8.53. The van der Waals surface area contributed by atoms with Gasteiger partial charge < -0.3 is 20.7 Å². The first-order valence-electron chi connectivity index (χ1n) is 2.84. The Morgan fingerprint density at radius 3 is 2.58 bits per heavy atom. The van der Waals surface area contributed by atoms with Crippen LogP contribution >= 0.6 is 0 Å². The largest absolute Gasteiger partial charge is 1.00 e. The summed E-state index contributed by atoms with van der Waals surface area (Å²) in [4.78, 5) is 10.3. The zero-order valence-electron chi connectivity index (χ0n) is 6.53. The monoisotopic (exact) mass is 175 g/mol. The van der Waals surface area contributed by atoms with E-state index in [1.807, 2.05) is 0 Å². The van der Waals surface area contributed by atoms with Crippen LogP contribution < -0.4 is 35.3 Å². The number of anilines is 1. The smallest absolute Gasteiger partial charge is 0.549 e. The molecule has 0 heterocycles. The molecule has 0 aliphatic rings. The number of hydrogen-bond donors (Lipinski definition) is 3. The van der Waals surface area contributed by atoms with Gasteiger partial charge in [-0.1, -0.05) is 5.56 Å². The molecule has 58 valence electrons. The Morgan fingerprint density at radius 1 is 1.58 bits per heavy atom. The van der Waals surface area contributed by atoms with Crippen LogP contribution in [0.3, 0.4) is 0 Å². The fourth-order valence-electron chi connectivity index (χ4n) is 0.624. The van der Waals surface area contributed by atoms with E-state index in [-0.39, 0.29) is 46.6 Å². The first-order valence-corrected chi connectivity index (χ1v) is 2.84. The summed E-state index contributed by atoms with van der Waals surface area (Å²) in [6.07, 6.45) is 0. The number of aromatic hydroxyl groups is 1. The number of carboxylic acids is 1. The number of nitrogens with two attached hydrogens (primary N) is 1. The maximum atomic E-state index is 10.3. The Hall–Kier alpha value is -0.710. The number of benzene rings is 1. The van der Waals surface area contributed by atoms with Crippen molar-refractivity contribution >= 4 is 11.7 Å². The number of nitrogen functional groups attached to an aromatic ring is 1. The van der Waals surface area contributed by atoms with Crippen LogP contribution in [0.25, 0.3) is 0 Å². The average molecular weight is 175 g/mol. The molecule has 4 nitrogen and oxygen atoms in total. The van der Waals surface area contributed by atoms with Crippen molar-refractivity contribution in [3.05, 3.63) is 23.8 Å².